The third-order valence-corrected chi connectivity index (χ3v) is 4.22. The summed E-state index contributed by atoms with van der Waals surface area (Å²) < 4.78 is 12.0. The maximum atomic E-state index is 12.2. The smallest absolute Gasteiger partial charge is 0.343 e. The van der Waals surface area contributed by atoms with Crippen molar-refractivity contribution >= 4 is 23.4 Å². The van der Waals surface area contributed by atoms with Crippen molar-refractivity contribution in [1.29, 1.82) is 0 Å². The highest BCUT2D eigenvalue weighted by atomic mass is 32.2. The van der Waals surface area contributed by atoms with Crippen molar-refractivity contribution in [1.82, 2.24) is 14.8 Å². The molecule has 0 aliphatic rings. The number of nitrogens with zero attached hydrogens (tertiary/aromatic N) is 2. The van der Waals surface area contributed by atoms with E-state index < -0.39 is 0 Å². The van der Waals surface area contributed by atoms with Crippen LogP contribution in [0.5, 0.6) is 5.75 Å². The van der Waals surface area contributed by atoms with Crippen LogP contribution in [0.3, 0.4) is 0 Å². The van der Waals surface area contributed by atoms with Crippen molar-refractivity contribution in [3.8, 4) is 5.75 Å². The van der Waals surface area contributed by atoms with Crippen molar-refractivity contribution in [2.24, 2.45) is 0 Å². The average molecular weight is 366 g/mol. The van der Waals surface area contributed by atoms with E-state index in [0.717, 1.165) is 0 Å². The molecule has 2 rings (SSSR count). The fraction of sp³-hybridized carbons (Fsp3) is 0.438. The summed E-state index contributed by atoms with van der Waals surface area (Å²) in [4.78, 5) is 23.9. The molecule has 0 saturated heterocycles. The summed E-state index contributed by atoms with van der Waals surface area (Å²) in [6.07, 6.45) is 0.692. The number of carbonyl (C=O) groups is 1. The molecule has 0 radical (unpaired) electrons. The molecule has 0 spiro atoms. The molecule has 25 heavy (non-hydrogen) atoms. The molecule has 0 unspecified atom stereocenters. The number of rotatable bonds is 10. The summed E-state index contributed by atoms with van der Waals surface area (Å²) in [6, 6.07) is 7.25. The number of carbonyl (C=O) groups excluding carboxylic acids is 1. The van der Waals surface area contributed by atoms with Gasteiger partial charge in [0.2, 0.25) is 5.91 Å². The second-order valence-electron chi connectivity index (χ2n) is 5.08. The van der Waals surface area contributed by atoms with Crippen LogP contribution < -0.4 is 15.7 Å². The van der Waals surface area contributed by atoms with E-state index in [1.807, 2.05) is 19.1 Å². The standard InChI is InChI=1S/C16H22N4O4S/c1-3-24-13-8-5-4-7-12(13)17-14(21)11-25-16-19-18-15(22)20(16)9-6-10-23-2/h4-5,7-8H,3,6,9-11H2,1-2H3,(H,17,21)(H,18,22). The number of anilines is 1. The lowest BCUT2D eigenvalue weighted by atomic mass is 10.3. The molecule has 1 amide bonds. The molecule has 1 aromatic heterocycles. The predicted molar refractivity (Wildman–Crippen MR) is 96.3 cm³/mol. The number of thioether (sulfide) groups is 1. The largest absolute Gasteiger partial charge is 0.492 e. The molecule has 8 nitrogen and oxygen atoms in total. The van der Waals surface area contributed by atoms with Gasteiger partial charge in [0.05, 0.1) is 18.0 Å². The van der Waals surface area contributed by atoms with Crippen LogP contribution in [0.1, 0.15) is 13.3 Å². The zero-order chi connectivity index (χ0) is 18.1. The van der Waals surface area contributed by atoms with E-state index in [4.69, 9.17) is 9.47 Å². The van der Waals surface area contributed by atoms with E-state index in [2.05, 4.69) is 15.5 Å². The zero-order valence-corrected chi connectivity index (χ0v) is 15.1. The Morgan fingerprint density at radius 3 is 2.96 bits per heavy atom. The summed E-state index contributed by atoms with van der Waals surface area (Å²) in [7, 11) is 1.61. The SMILES string of the molecule is CCOc1ccccc1NC(=O)CSc1n[nH]c(=O)n1CCCOC. The minimum Gasteiger partial charge on any atom is -0.492 e. The van der Waals surface area contributed by atoms with Crippen LogP contribution in [0, 0.1) is 0 Å². The Labute approximate surface area is 149 Å². The molecule has 2 N–H and O–H groups in total. The summed E-state index contributed by atoms with van der Waals surface area (Å²) >= 11 is 1.20. The molecule has 1 aromatic carbocycles. The van der Waals surface area contributed by atoms with Gasteiger partial charge in [0.15, 0.2) is 5.16 Å². The molecule has 0 bridgehead atoms. The maximum absolute atomic E-state index is 12.2. The van der Waals surface area contributed by atoms with Gasteiger partial charge in [0.1, 0.15) is 5.75 Å². The Balaban J connectivity index is 1.93. The number of benzene rings is 1. The van der Waals surface area contributed by atoms with Gasteiger partial charge >= 0.3 is 5.69 Å². The number of hydrogen-bond donors (Lipinski definition) is 2. The molecular weight excluding hydrogens is 344 g/mol. The molecule has 1 heterocycles. The first-order valence-corrected chi connectivity index (χ1v) is 8.93. The van der Waals surface area contributed by atoms with Gasteiger partial charge in [-0.25, -0.2) is 9.89 Å². The van der Waals surface area contributed by atoms with Gasteiger partial charge in [0.25, 0.3) is 0 Å². The first-order valence-electron chi connectivity index (χ1n) is 7.94. The second kappa shape index (κ2) is 9.90. The van der Waals surface area contributed by atoms with E-state index in [1.165, 1.54) is 16.3 Å². The number of aromatic amines is 1. The Kier molecular flexibility index (Phi) is 7.55. The van der Waals surface area contributed by atoms with Crippen molar-refractivity contribution < 1.29 is 14.3 Å². The predicted octanol–water partition coefficient (Wildman–Crippen LogP) is 1.74. The molecule has 0 saturated carbocycles. The molecule has 0 fully saturated rings. The number of H-pyrrole nitrogens is 1. The Hall–Kier alpha value is -2.26. The summed E-state index contributed by atoms with van der Waals surface area (Å²) in [6.45, 7) is 3.44. The molecule has 0 atom stereocenters. The van der Waals surface area contributed by atoms with Crippen molar-refractivity contribution in [2.75, 3.05) is 31.4 Å². The molecule has 0 aliphatic heterocycles. The van der Waals surface area contributed by atoms with Crippen LogP contribution in [0.25, 0.3) is 0 Å². The van der Waals surface area contributed by atoms with Gasteiger partial charge in [-0.1, -0.05) is 23.9 Å². The lowest BCUT2D eigenvalue weighted by Gasteiger charge is -2.11. The van der Waals surface area contributed by atoms with Gasteiger partial charge in [-0.3, -0.25) is 9.36 Å². The lowest BCUT2D eigenvalue weighted by Crippen LogP contribution is -2.19. The van der Waals surface area contributed by atoms with Gasteiger partial charge in [-0.2, -0.15) is 0 Å². The fourth-order valence-electron chi connectivity index (χ4n) is 2.15. The van der Waals surface area contributed by atoms with Crippen LogP contribution in [-0.4, -0.2) is 46.7 Å². The fourth-order valence-corrected chi connectivity index (χ4v) is 2.92. The molecule has 2 aromatic rings. The average Bonchev–Trinajstić information content (AvgIpc) is 2.95. The lowest BCUT2D eigenvalue weighted by molar-refractivity contribution is -0.113. The molecule has 136 valence electrons. The number of nitrogens with one attached hydrogen (secondary N) is 2. The maximum Gasteiger partial charge on any atom is 0.343 e. The van der Waals surface area contributed by atoms with Crippen LogP contribution in [0.2, 0.25) is 0 Å². The van der Waals surface area contributed by atoms with Gasteiger partial charge in [-0.05, 0) is 25.5 Å². The van der Waals surface area contributed by atoms with E-state index in [9.17, 15) is 9.59 Å². The number of para-hydroxylation sites is 2. The highest BCUT2D eigenvalue weighted by Gasteiger charge is 2.12. The Morgan fingerprint density at radius 1 is 1.40 bits per heavy atom. The summed E-state index contributed by atoms with van der Waals surface area (Å²) in [5.41, 5.74) is 0.329. The first-order chi connectivity index (χ1) is 12.2. The zero-order valence-electron chi connectivity index (χ0n) is 14.3. The highest BCUT2D eigenvalue weighted by Crippen LogP contribution is 2.24. The van der Waals surface area contributed by atoms with Gasteiger partial charge in [0, 0.05) is 20.3 Å². The minimum atomic E-state index is -0.291. The number of ether oxygens (including phenoxy) is 2. The Morgan fingerprint density at radius 2 is 2.20 bits per heavy atom. The third-order valence-electron chi connectivity index (χ3n) is 3.25. The van der Waals surface area contributed by atoms with Crippen LogP contribution in [0.15, 0.2) is 34.2 Å². The van der Waals surface area contributed by atoms with Crippen LogP contribution >= 0.6 is 11.8 Å². The van der Waals surface area contributed by atoms with Gasteiger partial charge < -0.3 is 14.8 Å². The van der Waals surface area contributed by atoms with Crippen LogP contribution in [0.4, 0.5) is 5.69 Å². The number of methoxy groups -OCH3 is 1. The number of aromatic nitrogens is 3. The quantitative estimate of drug-likeness (QED) is 0.491. The van der Waals surface area contributed by atoms with Crippen molar-refractivity contribution in [3.63, 3.8) is 0 Å². The third kappa shape index (κ3) is 5.64. The number of amides is 1. The molecule has 0 aliphatic carbocycles. The van der Waals surface area contributed by atoms with Crippen LogP contribution in [-0.2, 0) is 16.1 Å². The van der Waals surface area contributed by atoms with E-state index >= 15 is 0 Å². The minimum absolute atomic E-state index is 0.134. The molecule has 9 heteroatoms. The normalized spacial score (nSPS) is 10.6. The molecular formula is C16H22N4O4S. The second-order valence-corrected chi connectivity index (χ2v) is 6.02. The highest BCUT2D eigenvalue weighted by molar-refractivity contribution is 7.99. The van der Waals surface area contributed by atoms with E-state index in [1.54, 1.807) is 19.2 Å². The van der Waals surface area contributed by atoms with E-state index in [0.29, 0.717) is 42.8 Å². The first kappa shape index (κ1) is 19.1. The van der Waals surface area contributed by atoms with Gasteiger partial charge in [-0.15, -0.1) is 5.10 Å². The topological polar surface area (TPSA) is 98.2 Å². The number of hydrogen-bond acceptors (Lipinski definition) is 6. The summed E-state index contributed by atoms with van der Waals surface area (Å²) in [5.74, 6) is 0.560. The van der Waals surface area contributed by atoms with E-state index in [-0.39, 0.29) is 17.3 Å². The van der Waals surface area contributed by atoms with Crippen molar-refractivity contribution in [2.45, 2.75) is 25.0 Å². The van der Waals surface area contributed by atoms with Crippen molar-refractivity contribution in [3.05, 3.63) is 34.7 Å². The summed E-state index contributed by atoms with van der Waals surface area (Å²) in [5, 5.41) is 9.67. The monoisotopic (exact) mass is 366 g/mol. The Bertz CT molecular complexity index is 744.